The molecule has 9 heteroatoms. The van der Waals surface area contributed by atoms with Crippen LogP contribution >= 0.6 is 0 Å². The molecule has 0 saturated heterocycles. The van der Waals surface area contributed by atoms with Crippen LogP contribution in [0.4, 0.5) is 5.69 Å². The van der Waals surface area contributed by atoms with Gasteiger partial charge in [-0.15, -0.1) is 0 Å². The van der Waals surface area contributed by atoms with Crippen molar-refractivity contribution in [2.45, 2.75) is 24.8 Å². The molecule has 1 heterocycles. The maximum atomic E-state index is 13.5. The summed E-state index contributed by atoms with van der Waals surface area (Å²) in [6.45, 7) is 4.10. The number of carbonyl (C=O) groups is 1. The van der Waals surface area contributed by atoms with Gasteiger partial charge in [-0.05, 0) is 67.9 Å². The number of hydrogen-bond acceptors (Lipinski definition) is 6. The maximum Gasteiger partial charge on any atom is 0.264 e. The highest BCUT2D eigenvalue weighted by molar-refractivity contribution is 7.92. The second-order valence-electron chi connectivity index (χ2n) is 8.24. The number of benzene rings is 3. The van der Waals surface area contributed by atoms with E-state index in [1.807, 2.05) is 19.9 Å². The molecule has 0 aromatic heterocycles. The van der Waals surface area contributed by atoms with Crippen molar-refractivity contribution in [3.8, 4) is 17.2 Å². The van der Waals surface area contributed by atoms with Gasteiger partial charge in [0.05, 0.1) is 30.8 Å². The van der Waals surface area contributed by atoms with E-state index in [0.717, 1.165) is 16.9 Å². The smallest absolute Gasteiger partial charge is 0.264 e. The highest BCUT2D eigenvalue weighted by atomic mass is 32.2. The second-order valence-corrected chi connectivity index (χ2v) is 10.1. The molecule has 8 nitrogen and oxygen atoms in total. The lowest BCUT2D eigenvalue weighted by Gasteiger charge is -2.35. The Morgan fingerprint density at radius 1 is 1.00 bits per heavy atom. The Labute approximate surface area is 205 Å². The van der Waals surface area contributed by atoms with Crippen molar-refractivity contribution in [2.24, 2.45) is 0 Å². The molecule has 3 aromatic carbocycles. The number of sulfonamides is 1. The summed E-state index contributed by atoms with van der Waals surface area (Å²) in [5, 5.41) is 2.77. The summed E-state index contributed by atoms with van der Waals surface area (Å²) in [7, 11) is -2.31. The van der Waals surface area contributed by atoms with Gasteiger partial charge in [0.15, 0.2) is 6.10 Å². The van der Waals surface area contributed by atoms with Gasteiger partial charge in [0, 0.05) is 0 Å². The summed E-state index contributed by atoms with van der Waals surface area (Å²) in [6.07, 6.45) is -1.01. The van der Waals surface area contributed by atoms with E-state index < -0.39 is 22.0 Å². The zero-order chi connectivity index (χ0) is 25.0. The van der Waals surface area contributed by atoms with Gasteiger partial charge in [-0.2, -0.15) is 0 Å². The highest BCUT2D eigenvalue weighted by Gasteiger charge is 2.37. The van der Waals surface area contributed by atoms with Gasteiger partial charge in [-0.25, -0.2) is 8.42 Å². The van der Waals surface area contributed by atoms with Crippen molar-refractivity contribution in [1.82, 2.24) is 5.32 Å². The molecule has 0 unspecified atom stereocenters. The molecule has 1 N–H and O–H groups in total. The summed E-state index contributed by atoms with van der Waals surface area (Å²) in [5.41, 5.74) is 2.25. The van der Waals surface area contributed by atoms with E-state index in [1.54, 1.807) is 67.8 Å². The van der Waals surface area contributed by atoms with Gasteiger partial charge in [0.2, 0.25) is 0 Å². The molecule has 0 saturated carbocycles. The van der Waals surface area contributed by atoms with Crippen LogP contribution in [0, 0.1) is 13.8 Å². The molecule has 0 aliphatic carbocycles. The number of rotatable bonds is 8. The predicted molar refractivity (Wildman–Crippen MR) is 133 cm³/mol. The molecule has 1 amide bonds. The molecule has 35 heavy (non-hydrogen) atoms. The fourth-order valence-electron chi connectivity index (χ4n) is 3.69. The van der Waals surface area contributed by atoms with Crippen LogP contribution in [0.2, 0.25) is 0 Å². The number of anilines is 1. The molecule has 4 rings (SSSR count). The van der Waals surface area contributed by atoms with Crippen LogP contribution < -0.4 is 23.8 Å². The minimum absolute atomic E-state index is 0.141. The minimum Gasteiger partial charge on any atom is -0.497 e. The largest absolute Gasteiger partial charge is 0.497 e. The standard InChI is InChI=1S/C26H28N2O6S/c1-18-4-11-22(12-5-18)35(30,31)28-17-25(34-24-16-19(2)6-13-23(24)28)26(29)27-14-15-33-21-9-7-20(32-3)8-10-21/h4-13,16,25H,14-15,17H2,1-3H3,(H,27,29)/t25-/m0/s1. The molecule has 1 aliphatic heterocycles. The maximum absolute atomic E-state index is 13.5. The van der Waals surface area contributed by atoms with Crippen molar-refractivity contribution in [2.75, 3.05) is 31.1 Å². The molecule has 184 valence electrons. The van der Waals surface area contributed by atoms with E-state index in [-0.39, 0.29) is 24.6 Å². The van der Waals surface area contributed by atoms with Crippen LogP contribution in [0.1, 0.15) is 11.1 Å². The first-order valence-corrected chi connectivity index (χ1v) is 12.6. The van der Waals surface area contributed by atoms with Crippen LogP contribution in [0.25, 0.3) is 0 Å². The lowest BCUT2D eigenvalue weighted by atomic mass is 10.1. The average Bonchev–Trinajstić information content (AvgIpc) is 2.86. The van der Waals surface area contributed by atoms with E-state index >= 15 is 0 Å². The number of nitrogens with one attached hydrogen (secondary N) is 1. The van der Waals surface area contributed by atoms with Gasteiger partial charge in [0.25, 0.3) is 15.9 Å². The Morgan fingerprint density at radius 2 is 1.66 bits per heavy atom. The van der Waals surface area contributed by atoms with Crippen LogP contribution in [0.5, 0.6) is 17.2 Å². The number of hydrogen-bond donors (Lipinski definition) is 1. The topological polar surface area (TPSA) is 94.2 Å². The number of ether oxygens (including phenoxy) is 3. The highest BCUT2D eigenvalue weighted by Crippen LogP contribution is 2.37. The van der Waals surface area contributed by atoms with Crippen LogP contribution in [0.15, 0.2) is 71.6 Å². The lowest BCUT2D eigenvalue weighted by Crippen LogP contribution is -2.51. The molecule has 0 bridgehead atoms. The first-order valence-electron chi connectivity index (χ1n) is 11.2. The second kappa shape index (κ2) is 10.3. The van der Waals surface area contributed by atoms with Gasteiger partial charge in [-0.1, -0.05) is 23.8 Å². The van der Waals surface area contributed by atoms with Gasteiger partial charge in [0.1, 0.15) is 23.9 Å². The Morgan fingerprint density at radius 3 is 2.34 bits per heavy atom. The number of amides is 1. The third-order valence-electron chi connectivity index (χ3n) is 5.62. The van der Waals surface area contributed by atoms with Crippen LogP contribution in [0.3, 0.4) is 0 Å². The molecular formula is C26H28N2O6S. The van der Waals surface area contributed by atoms with Crippen molar-refractivity contribution in [3.05, 3.63) is 77.9 Å². The fraction of sp³-hybridized carbons (Fsp3) is 0.269. The van der Waals surface area contributed by atoms with E-state index in [0.29, 0.717) is 17.2 Å². The van der Waals surface area contributed by atoms with Gasteiger partial charge < -0.3 is 19.5 Å². The van der Waals surface area contributed by atoms with Crippen molar-refractivity contribution >= 4 is 21.6 Å². The monoisotopic (exact) mass is 496 g/mol. The zero-order valence-electron chi connectivity index (χ0n) is 19.9. The lowest BCUT2D eigenvalue weighted by molar-refractivity contribution is -0.127. The predicted octanol–water partition coefficient (Wildman–Crippen LogP) is 3.46. The van der Waals surface area contributed by atoms with E-state index in [4.69, 9.17) is 14.2 Å². The van der Waals surface area contributed by atoms with E-state index in [2.05, 4.69) is 5.32 Å². The Hall–Kier alpha value is -3.72. The van der Waals surface area contributed by atoms with Crippen molar-refractivity contribution in [3.63, 3.8) is 0 Å². The molecule has 0 spiro atoms. The first kappa shape index (κ1) is 24.4. The summed E-state index contributed by atoms with van der Waals surface area (Å²) >= 11 is 0. The van der Waals surface area contributed by atoms with Gasteiger partial charge in [-0.3, -0.25) is 9.10 Å². The van der Waals surface area contributed by atoms with Crippen LogP contribution in [-0.4, -0.2) is 47.2 Å². The average molecular weight is 497 g/mol. The number of aryl methyl sites for hydroxylation is 2. The van der Waals surface area contributed by atoms with E-state index in [9.17, 15) is 13.2 Å². The zero-order valence-corrected chi connectivity index (χ0v) is 20.7. The molecule has 1 atom stereocenters. The summed E-state index contributed by atoms with van der Waals surface area (Å²) in [4.78, 5) is 13.1. The SMILES string of the molecule is COc1ccc(OCCNC(=O)[C@@H]2CN(S(=O)(=O)c3ccc(C)cc3)c3ccc(C)cc3O2)cc1. The summed E-state index contributed by atoms with van der Waals surface area (Å²) in [6, 6.07) is 19.0. The summed E-state index contributed by atoms with van der Waals surface area (Å²) < 4.78 is 44.9. The Balaban J connectivity index is 1.46. The third kappa shape index (κ3) is 5.51. The molecule has 0 radical (unpaired) electrons. The molecule has 0 fully saturated rings. The first-order chi connectivity index (χ1) is 16.8. The third-order valence-corrected chi connectivity index (χ3v) is 7.41. The Bertz CT molecular complexity index is 1290. The van der Waals surface area contributed by atoms with Gasteiger partial charge >= 0.3 is 0 Å². The summed E-state index contributed by atoms with van der Waals surface area (Å²) in [5.74, 6) is 1.30. The Kier molecular flexibility index (Phi) is 7.16. The minimum atomic E-state index is -3.90. The number of nitrogens with zero attached hydrogens (tertiary/aromatic N) is 1. The fourth-order valence-corrected chi connectivity index (χ4v) is 5.17. The molecule has 3 aromatic rings. The number of carbonyl (C=O) groups excluding carboxylic acids is 1. The van der Waals surface area contributed by atoms with Crippen LogP contribution in [-0.2, 0) is 14.8 Å². The van der Waals surface area contributed by atoms with E-state index in [1.165, 1.54) is 4.31 Å². The van der Waals surface area contributed by atoms with Crippen molar-refractivity contribution in [1.29, 1.82) is 0 Å². The number of methoxy groups -OCH3 is 1. The normalized spacial score (nSPS) is 15.1. The van der Waals surface area contributed by atoms with Crippen molar-refractivity contribution < 1.29 is 27.4 Å². The molecule has 1 aliphatic rings. The quantitative estimate of drug-likeness (QED) is 0.480. The number of fused-ring (bicyclic) bond motifs is 1. The molecular weight excluding hydrogens is 468 g/mol.